The number of ether oxygens (including phenoxy) is 1. The van der Waals surface area contributed by atoms with Crippen LogP contribution in [0.4, 0.5) is 5.69 Å². The number of aliphatic hydroxyl groups is 1. The van der Waals surface area contributed by atoms with Gasteiger partial charge in [0.15, 0.2) is 0 Å². The summed E-state index contributed by atoms with van der Waals surface area (Å²) in [7, 11) is 1.81. The van der Waals surface area contributed by atoms with Gasteiger partial charge in [0.05, 0.1) is 12.3 Å². The maximum atomic E-state index is 8.60. The molecule has 0 unspecified atom stereocenters. The Morgan fingerprint density at radius 1 is 1.50 bits per heavy atom. The molecule has 78 valence electrons. The molecule has 0 atom stereocenters. The van der Waals surface area contributed by atoms with Crippen molar-refractivity contribution in [3.05, 3.63) is 23.2 Å². The largest absolute Gasteiger partial charge is 0.491 e. The molecule has 0 aliphatic carbocycles. The third-order valence-corrected chi connectivity index (χ3v) is 2.01. The summed E-state index contributed by atoms with van der Waals surface area (Å²) in [6, 6.07) is 5.39. The van der Waals surface area contributed by atoms with Gasteiger partial charge in [0.1, 0.15) is 5.75 Å². The maximum Gasteiger partial charge on any atom is 0.142 e. The number of hydrogen-bond donors (Lipinski definition) is 2. The highest BCUT2D eigenvalue weighted by atomic mass is 35.5. The predicted molar refractivity (Wildman–Crippen MR) is 58.2 cm³/mol. The van der Waals surface area contributed by atoms with E-state index in [1.165, 1.54) is 0 Å². The van der Waals surface area contributed by atoms with Gasteiger partial charge in [-0.1, -0.05) is 11.6 Å². The van der Waals surface area contributed by atoms with Gasteiger partial charge in [-0.05, 0) is 18.2 Å². The molecule has 2 N–H and O–H groups in total. The van der Waals surface area contributed by atoms with Gasteiger partial charge in [-0.25, -0.2) is 0 Å². The smallest absolute Gasteiger partial charge is 0.142 e. The van der Waals surface area contributed by atoms with Gasteiger partial charge in [0.2, 0.25) is 0 Å². The molecule has 1 aromatic carbocycles. The molecule has 0 aromatic heterocycles. The first-order valence-corrected chi connectivity index (χ1v) is 4.86. The normalized spacial score (nSPS) is 9.93. The minimum Gasteiger partial charge on any atom is -0.491 e. The van der Waals surface area contributed by atoms with Crippen molar-refractivity contribution in [1.82, 2.24) is 0 Å². The molecule has 0 fully saturated rings. The van der Waals surface area contributed by atoms with Crippen LogP contribution in [0.5, 0.6) is 5.75 Å². The number of benzene rings is 1. The number of rotatable bonds is 5. The zero-order valence-electron chi connectivity index (χ0n) is 8.09. The SMILES string of the molecule is CNc1cc(Cl)ccc1OCCCO. The van der Waals surface area contributed by atoms with Gasteiger partial charge in [-0.2, -0.15) is 0 Å². The average molecular weight is 216 g/mol. The van der Waals surface area contributed by atoms with Crippen molar-refractivity contribution in [2.75, 3.05) is 25.6 Å². The van der Waals surface area contributed by atoms with Gasteiger partial charge >= 0.3 is 0 Å². The zero-order valence-corrected chi connectivity index (χ0v) is 8.84. The highest BCUT2D eigenvalue weighted by Crippen LogP contribution is 2.27. The second kappa shape index (κ2) is 5.73. The highest BCUT2D eigenvalue weighted by Gasteiger charge is 2.02. The van der Waals surface area contributed by atoms with Crippen molar-refractivity contribution in [1.29, 1.82) is 0 Å². The highest BCUT2D eigenvalue weighted by molar-refractivity contribution is 6.30. The van der Waals surface area contributed by atoms with E-state index in [-0.39, 0.29) is 6.61 Å². The van der Waals surface area contributed by atoms with Crippen LogP contribution in [0, 0.1) is 0 Å². The number of hydrogen-bond acceptors (Lipinski definition) is 3. The molecular formula is C10H14ClNO2. The average Bonchev–Trinajstić information content (AvgIpc) is 2.20. The lowest BCUT2D eigenvalue weighted by molar-refractivity contribution is 0.234. The van der Waals surface area contributed by atoms with Gasteiger partial charge < -0.3 is 15.2 Å². The Balaban J connectivity index is 2.65. The molecule has 1 aromatic rings. The Labute approximate surface area is 88.7 Å². The second-order valence-corrected chi connectivity index (χ2v) is 3.25. The van der Waals surface area contributed by atoms with Crippen LogP contribution in [0.2, 0.25) is 5.02 Å². The molecule has 0 radical (unpaired) electrons. The van der Waals surface area contributed by atoms with Crippen LogP contribution >= 0.6 is 11.6 Å². The molecule has 0 saturated carbocycles. The molecule has 0 aliphatic heterocycles. The number of halogens is 1. The van der Waals surface area contributed by atoms with Crippen LogP contribution in [-0.2, 0) is 0 Å². The molecule has 0 aliphatic rings. The molecule has 14 heavy (non-hydrogen) atoms. The molecule has 0 heterocycles. The summed E-state index contributed by atoms with van der Waals surface area (Å²) < 4.78 is 5.44. The van der Waals surface area contributed by atoms with Crippen molar-refractivity contribution < 1.29 is 9.84 Å². The quantitative estimate of drug-likeness (QED) is 0.740. The maximum absolute atomic E-state index is 8.60. The summed E-state index contributed by atoms with van der Waals surface area (Å²) >= 11 is 5.82. The van der Waals surface area contributed by atoms with E-state index in [4.69, 9.17) is 21.4 Å². The predicted octanol–water partition coefficient (Wildman–Crippen LogP) is 2.14. The fourth-order valence-corrected chi connectivity index (χ4v) is 1.24. The number of nitrogens with one attached hydrogen (secondary N) is 1. The van der Waals surface area contributed by atoms with E-state index >= 15 is 0 Å². The van der Waals surface area contributed by atoms with Crippen LogP contribution in [0.1, 0.15) is 6.42 Å². The summed E-state index contributed by atoms with van der Waals surface area (Å²) in [5, 5.41) is 12.3. The lowest BCUT2D eigenvalue weighted by atomic mass is 10.3. The van der Waals surface area contributed by atoms with Crippen LogP contribution in [0.3, 0.4) is 0 Å². The minimum absolute atomic E-state index is 0.141. The first-order chi connectivity index (χ1) is 6.77. The van der Waals surface area contributed by atoms with Gasteiger partial charge in [-0.15, -0.1) is 0 Å². The third-order valence-electron chi connectivity index (χ3n) is 1.77. The number of aliphatic hydroxyl groups excluding tert-OH is 1. The van der Waals surface area contributed by atoms with Crippen molar-refractivity contribution >= 4 is 17.3 Å². The Morgan fingerprint density at radius 3 is 2.93 bits per heavy atom. The summed E-state index contributed by atoms with van der Waals surface area (Å²) in [4.78, 5) is 0. The molecule has 0 bridgehead atoms. The molecular weight excluding hydrogens is 202 g/mol. The second-order valence-electron chi connectivity index (χ2n) is 2.82. The summed E-state index contributed by atoms with van der Waals surface area (Å²) in [6.45, 7) is 0.648. The Bertz CT molecular complexity index is 291. The fourth-order valence-electron chi connectivity index (χ4n) is 1.07. The molecule has 0 saturated heterocycles. The standard InChI is InChI=1S/C10H14ClNO2/c1-12-9-7-8(11)3-4-10(9)14-6-2-5-13/h3-4,7,12-13H,2,5-6H2,1H3. The first-order valence-electron chi connectivity index (χ1n) is 4.49. The molecule has 0 spiro atoms. The lowest BCUT2D eigenvalue weighted by Crippen LogP contribution is -2.02. The lowest BCUT2D eigenvalue weighted by Gasteiger charge is -2.10. The van der Waals surface area contributed by atoms with E-state index in [9.17, 15) is 0 Å². The van der Waals surface area contributed by atoms with E-state index in [1.807, 2.05) is 13.1 Å². The molecule has 4 heteroatoms. The number of anilines is 1. The van der Waals surface area contributed by atoms with Gasteiger partial charge in [0, 0.05) is 25.1 Å². The van der Waals surface area contributed by atoms with E-state index in [0.717, 1.165) is 11.4 Å². The van der Waals surface area contributed by atoms with E-state index in [2.05, 4.69) is 5.32 Å². The third kappa shape index (κ3) is 3.09. The van der Waals surface area contributed by atoms with Crippen LogP contribution < -0.4 is 10.1 Å². The minimum atomic E-state index is 0.141. The monoisotopic (exact) mass is 215 g/mol. The summed E-state index contributed by atoms with van der Waals surface area (Å²) in [6.07, 6.45) is 0.631. The van der Waals surface area contributed by atoms with Crippen LogP contribution in [0.15, 0.2) is 18.2 Å². The first kappa shape index (κ1) is 11.1. The van der Waals surface area contributed by atoms with Crippen molar-refractivity contribution in [3.8, 4) is 5.75 Å². The Hall–Kier alpha value is -0.930. The summed E-state index contributed by atoms with van der Waals surface area (Å²) in [5.41, 5.74) is 0.857. The Kier molecular flexibility index (Phi) is 4.56. The van der Waals surface area contributed by atoms with E-state index in [1.54, 1.807) is 12.1 Å². The van der Waals surface area contributed by atoms with Gasteiger partial charge in [-0.3, -0.25) is 0 Å². The summed E-state index contributed by atoms with van der Waals surface area (Å²) in [5.74, 6) is 0.755. The van der Waals surface area contributed by atoms with Crippen molar-refractivity contribution in [2.24, 2.45) is 0 Å². The zero-order chi connectivity index (χ0) is 10.4. The fraction of sp³-hybridized carbons (Fsp3) is 0.400. The van der Waals surface area contributed by atoms with E-state index < -0.39 is 0 Å². The van der Waals surface area contributed by atoms with Crippen LogP contribution in [0.25, 0.3) is 0 Å². The van der Waals surface area contributed by atoms with Crippen molar-refractivity contribution in [2.45, 2.75) is 6.42 Å². The molecule has 0 amide bonds. The molecule has 1 rings (SSSR count). The Morgan fingerprint density at radius 2 is 2.29 bits per heavy atom. The van der Waals surface area contributed by atoms with Crippen molar-refractivity contribution in [3.63, 3.8) is 0 Å². The van der Waals surface area contributed by atoms with Gasteiger partial charge in [0.25, 0.3) is 0 Å². The molecule has 3 nitrogen and oxygen atoms in total. The van der Waals surface area contributed by atoms with Crippen LogP contribution in [-0.4, -0.2) is 25.4 Å². The van der Waals surface area contributed by atoms with E-state index in [0.29, 0.717) is 18.1 Å². The topological polar surface area (TPSA) is 41.5 Å².